The monoisotopic (exact) mass is 317 g/mol. The molecule has 0 bridgehead atoms. The maximum atomic E-state index is 12.4. The summed E-state index contributed by atoms with van der Waals surface area (Å²) in [6.45, 7) is 5.31. The number of morpholine rings is 1. The van der Waals surface area contributed by atoms with Crippen LogP contribution in [0.5, 0.6) is 0 Å². The van der Waals surface area contributed by atoms with Crippen LogP contribution in [0, 0.1) is 0 Å². The minimum Gasteiger partial charge on any atom is -0.379 e. The zero-order chi connectivity index (χ0) is 15.9. The highest BCUT2D eigenvalue weighted by Gasteiger charge is 2.22. The lowest BCUT2D eigenvalue weighted by molar-refractivity contribution is -0.122. The van der Waals surface area contributed by atoms with Gasteiger partial charge in [-0.2, -0.15) is 0 Å². The van der Waals surface area contributed by atoms with Gasteiger partial charge in [0.25, 0.3) is 0 Å². The Hall–Kier alpha value is -1.43. The fourth-order valence-corrected chi connectivity index (χ4v) is 3.37. The molecule has 2 atom stereocenters. The number of carbonyl (C=O) groups is 1. The van der Waals surface area contributed by atoms with Gasteiger partial charge in [-0.15, -0.1) is 0 Å². The van der Waals surface area contributed by atoms with Crippen LogP contribution in [0.4, 0.5) is 0 Å². The molecule has 1 aromatic rings. The van der Waals surface area contributed by atoms with Crippen molar-refractivity contribution in [2.24, 2.45) is 0 Å². The summed E-state index contributed by atoms with van der Waals surface area (Å²) in [4.78, 5) is 14.8. The third-order valence-electron chi connectivity index (χ3n) is 4.68. The van der Waals surface area contributed by atoms with Crippen LogP contribution in [0.1, 0.15) is 30.9 Å². The molecule has 2 aliphatic heterocycles. The molecule has 126 valence electrons. The third-order valence-corrected chi connectivity index (χ3v) is 4.68. The lowest BCUT2D eigenvalue weighted by Crippen LogP contribution is -2.43. The lowest BCUT2D eigenvalue weighted by atomic mass is 10.0. The average Bonchev–Trinajstić information content (AvgIpc) is 3.09. The number of nitrogens with one attached hydrogen (secondary N) is 2. The van der Waals surface area contributed by atoms with Crippen molar-refractivity contribution in [1.82, 2.24) is 15.5 Å². The van der Waals surface area contributed by atoms with Gasteiger partial charge >= 0.3 is 0 Å². The van der Waals surface area contributed by atoms with Crippen LogP contribution in [-0.4, -0.2) is 56.2 Å². The molecule has 5 nitrogen and oxygen atoms in total. The SMILES string of the molecule is O=C(CC1CCCN1)NC(CN1CCOCC1)c1ccccc1. The molecule has 2 saturated heterocycles. The van der Waals surface area contributed by atoms with Gasteiger partial charge < -0.3 is 15.4 Å². The van der Waals surface area contributed by atoms with Gasteiger partial charge in [-0.05, 0) is 24.9 Å². The summed E-state index contributed by atoms with van der Waals surface area (Å²) in [5, 5.41) is 6.64. The Morgan fingerprint density at radius 2 is 2.09 bits per heavy atom. The van der Waals surface area contributed by atoms with E-state index < -0.39 is 0 Å². The Labute approximate surface area is 138 Å². The predicted octanol–water partition coefficient (Wildman–Crippen LogP) is 1.32. The topological polar surface area (TPSA) is 53.6 Å². The van der Waals surface area contributed by atoms with Crippen LogP contribution >= 0.6 is 0 Å². The second-order valence-corrected chi connectivity index (χ2v) is 6.44. The summed E-state index contributed by atoms with van der Waals surface area (Å²) in [6.07, 6.45) is 2.85. The summed E-state index contributed by atoms with van der Waals surface area (Å²) in [6, 6.07) is 10.7. The van der Waals surface area contributed by atoms with E-state index in [1.807, 2.05) is 18.2 Å². The van der Waals surface area contributed by atoms with Crippen molar-refractivity contribution >= 4 is 5.91 Å². The minimum absolute atomic E-state index is 0.0446. The number of hydrogen-bond donors (Lipinski definition) is 2. The lowest BCUT2D eigenvalue weighted by Gasteiger charge is -2.31. The largest absolute Gasteiger partial charge is 0.379 e. The van der Waals surface area contributed by atoms with Crippen LogP contribution in [0.2, 0.25) is 0 Å². The Morgan fingerprint density at radius 3 is 2.78 bits per heavy atom. The number of benzene rings is 1. The summed E-state index contributed by atoms with van der Waals surface area (Å²) in [7, 11) is 0. The van der Waals surface area contributed by atoms with Gasteiger partial charge in [0.15, 0.2) is 0 Å². The summed E-state index contributed by atoms with van der Waals surface area (Å²) >= 11 is 0. The molecular formula is C18H27N3O2. The highest BCUT2D eigenvalue weighted by Crippen LogP contribution is 2.16. The number of carbonyl (C=O) groups excluding carboxylic acids is 1. The Bertz CT molecular complexity index is 482. The molecule has 0 aliphatic carbocycles. The normalized spacial score (nSPS) is 23.6. The van der Waals surface area contributed by atoms with Crippen molar-refractivity contribution in [3.8, 4) is 0 Å². The zero-order valence-corrected chi connectivity index (χ0v) is 13.7. The molecule has 2 fully saturated rings. The van der Waals surface area contributed by atoms with Crippen molar-refractivity contribution in [2.75, 3.05) is 39.4 Å². The smallest absolute Gasteiger partial charge is 0.222 e. The zero-order valence-electron chi connectivity index (χ0n) is 13.7. The van der Waals surface area contributed by atoms with Crippen LogP contribution in [0.25, 0.3) is 0 Å². The number of amides is 1. The summed E-state index contributed by atoms with van der Waals surface area (Å²) in [5.74, 6) is 0.145. The van der Waals surface area contributed by atoms with E-state index in [1.54, 1.807) is 0 Å². The maximum Gasteiger partial charge on any atom is 0.222 e. The highest BCUT2D eigenvalue weighted by atomic mass is 16.5. The van der Waals surface area contributed by atoms with Crippen LogP contribution in [0.15, 0.2) is 30.3 Å². The van der Waals surface area contributed by atoms with Crippen molar-refractivity contribution in [3.63, 3.8) is 0 Å². The van der Waals surface area contributed by atoms with Crippen LogP contribution < -0.4 is 10.6 Å². The van der Waals surface area contributed by atoms with E-state index in [0.717, 1.165) is 45.8 Å². The molecule has 5 heteroatoms. The molecule has 1 aromatic carbocycles. The molecule has 0 spiro atoms. The van der Waals surface area contributed by atoms with Gasteiger partial charge in [-0.1, -0.05) is 30.3 Å². The van der Waals surface area contributed by atoms with E-state index in [9.17, 15) is 4.79 Å². The Kier molecular flexibility index (Phi) is 6.02. The maximum absolute atomic E-state index is 12.4. The molecule has 1 amide bonds. The van der Waals surface area contributed by atoms with E-state index in [1.165, 1.54) is 12.0 Å². The third kappa shape index (κ3) is 5.03. The molecule has 2 aliphatic rings. The van der Waals surface area contributed by atoms with Gasteiger partial charge in [0.2, 0.25) is 5.91 Å². The highest BCUT2D eigenvalue weighted by molar-refractivity contribution is 5.77. The van der Waals surface area contributed by atoms with Crippen molar-refractivity contribution in [2.45, 2.75) is 31.3 Å². The Balaban J connectivity index is 1.60. The van der Waals surface area contributed by atoms with Gasteiger partial charge in [0.05, 0.1) is 19.3 Å². The van der Waals surface area contributed by atoms with Crippen molar-refractivity contribution in [1.29, 1.82) is 0 Å². The van der Waals surface area contributed by atoms with E-state index in [-0.39, 0.29) is 11.9 Å². The summed E-state index contributed by atoms with van der Waals surface area (Å²) < 4.78 is 5.42. The van der Waals surface area contributed by atoms with E-state index in [0.29, 0.717) is 12.5 Å². The second kappa shape index (κ2) is 8.43. The molecule has 2 unspecified atom stereocenters. The van der Waals surface area contributed by atoms with Crippen LogP contribution in [0.3, 0.4) is 0 Å². The van der Waals surface area contributed by atoms with E-state index in [4.69, 9.17) is 4.74 Å². The average molecular weight is 317 g/mol. The molecule has 0 aromatic heterocycles. The fourth-order valence-electron chi connectivity index (χ4n) is 3.37. The van der Waals surface area contributed by atoms with Gasteiger partial charge in [0, 0.05) is 32.1 Å². The standard InChI is InChI=1S/C18H27N3O2/c22-18(13-16-7-4-8-19-16)20-17(15-5-2-1-3-6-15)14-21-9-11-23-12-10-21/h1-3,5-6,16-17,19H,4,7-14H2,(H,20,22). The first kappa shape index (κ1) is 16.4. The van der Waals surface area contributed by atoms with Gasteiger partial charge in [-0.25, -0.2) is 0 Å². The molecule has 3 rings (SSSR count). The number of ether oxygens (including phenoxy) is 1. The molecule has 0 radical (unpaired) electrons. The Morgan fingerprint density at radius 1 is 1.30 bits per heavy atom. The van der Waals surface area contributed by atoms with Gasteiger partial charge in [0.1, 0.15) is 0 Å². The predicted molar refractivity (Wildman–Crippen MR) is 90.2 cm³/mol. The summed E-state index contributed by atoms with van der Waals surface area (Å²) in [5.41, 5.74) is 1.17. The second-order valence-electron chi connectivity index (χ2n) is 6.44. The van der Waals surface area contributed by atoms with E-state index in [2.05, 4.69) is 27.7 Å². The fraction of sp³-hybridized carbons (Fsp3) is 0.611. The number of nitrogens with zero attached hydrogens (tertiary/aromatic N) is 1. The van der Waals surface area contributed by atoms with Crippen LogP contribution in [-0.2, 0) is 9.53 Å². The van der Waals surface area contributed by atoms with Crippen molar-refractivity contribution in [3.05, 3.63) is 35.9 Å². The van der Waals surface area contributed by atoms with Crippen molar-refractivity contribution < 1.29 is 9.53 Å². The molecular weight excluding hydrogens is 290 g/mol. The number of hydrogen-bond acceptors (Lipinski definition) is 4. The minimum atomic E-state index is 0.0446. The molecule has 2 heterocycles. The molecule has 23 heavy (non-hydrogen) atoms. The first-order valence-corrected chi connectivity index (χ1v) is 8.69. The first-order valence-electron chi connectivity index (χ1n) is 8.69. The molecule has 0 saturated carbocycles. The quantitative estimate of drug-likeness (QED) is 0.831. The first-order chi connectivity index (χ1) is 11.3. The molecule has 2 N–H and O–H groups in total. The van der Waals surface area contributed by atoms with Gasteiger partial charge in [-0.3, -0.25) is 9.69 Å². The van der Waals surface area contributed by atoms with E-state index >= 15 is 0 Å². The number of rotatable bonds is 6.